The predicted molar refractivity (Wildman–Crippen MR) is 117 cm³/mol. The van der Waals surface area contributed by atoms with Crippen LogP contribution < -0.4 is 0 Å². The van der Waals surface area contributed by atoms with Gasteiger partial charge in [-0.25, -0.2) is 0 Å². The van der Waals surface area contributed by atoms with Gasteiger partial charge in [0, 0.05) is 12.4 Å². The summed E-state index contributed by atoms with van der Waals surface area (Å²) in [7, 11) is 0. The summed E-state index contributed by atoms with van der Waals surface area (Å²) in [6, 6.07) is 4.24. The van der Waals surface area contributed by atoms with Crippen molar-refractivity contribution in [1.82, 2.24) is 4.98 Å². The lowest BCUT2D eigenvalue weighted by molar-refractivity contribution is 0.525. The van der Waals surface area contributed by atoms with Crippen LogP contribution in [0.3, 0.4) is 0 Å². The highest BCUT2D eigenvalue weighted by Crippen LogP contribution is 2.14. The Labute approximate surface area is 164 Å². The number of aromatic nitrogens is 1. The number of unbranched alkanes of at least 4 members (excludes halogenated alkanes) is 17. The Morgan fingerprint density at radius 1 is 0.577 bits per heavy atom. The fourth-order valence-electron chi connectivity index (χ4n) is 3.78. The molecular weight excluding hydrogens is 314 g/mol. The molecule has 0 amide bonds. The molecule has 0 bridgehead atoms. The van der Waals surface area contributed by atoms with Crippen molar-refractivity contribution < 1.29 is 0 Å². The van der Waals surface area contributed by atoms with Gasteiger partial charge in [-0.1, -0.05) is 122 Å². The number of pyridine rings is 1. The van der Waals surface area contributed by atoms with E-state index in [1.807, 2.05) is 18.5 Å². The zero-order valence-electron chi connectivity index (χ0n) is 17.7. The van der Waals surface area contributed by atoms with Crippen molar-refractivity contribution in [2.75, 3.05) is 0 Å². The van der Waals surface area contributed by atoms with Crippen LogP contribution in [0.1, 0.15) is 128 Å². The Morgan fingerprint density at radius 2 is 1.00 bits per heavy atom. The van der Waals surface area contributed by atoms with Crippen molar-refractivity contribution in [3.8, 4) is 0 Å². The van der Waals surface area contributed by atoms with E-state index in [0.29, 0.717) is 0 Å². The minimum Gasteiger partial charge on any atom is -0.264 e. The van der Waals surface area contributed by atoms with Crippen LogP contribution >= 0.6 is 0 Å². The molecule has 26 heavy (non-hydrogen) atoms. The van der Waals surface area contributed by atoms with Crippen LogP contribution in [0.25, 0.3) is 0 Å². The van der Waals surface area contributed by atoms with E-state index in [1.165, 1.54) is 128 Å². The highest BCUT2D eigenvalue weighted by atomic mass is 14.6. The van der Waals surface area contributed by atoms with Crippen LogP contribution in [0, 0.1) is 0 Å². The highest BCUT2D eigenvalue weighted by Gasteiger charge is 1.96. The maximum Gasteiger partial charge on any atom is 0.0299 e. The lowest BCUT2D eigenvalue weighted by Crippen LogP contribution is -1.87. The van der Waals surface area contributed by atoms with E-state index in [0.717, 1.165) is 0 Å². The maximum absolute atomic E-state index is 4.18. The first-order valence-electron chi connectivity index (χ1n) is 11.8. The van der Waals surface area contributed by atoms with E-state index in [-0.39, 0.29) is 0 Å². The van der Waals surface area contributed by atoms with E-state index in [1.54, 1.807) is 0 Å². The van der Waals surface area contributed by atoms with Gasteiger partial charge in [-0.15, -0.1) is 0 Å². The van der Waals surface area contributed by atoms with Crippen molar-refractivity contribution in [3.63, 3.8) is 0 Å². The van der Waals surface area contributed by atoms with Gasteiger partial charge in [-0.05, 0) is 24.5 Å². The van der Waals surface area contributed by atoms with E-state index in [4.69, 9.17) is 0 Å². The molecule has 1 nitrogen and oxygen atoms in total. The highest BCUT2D eigenvalue weighted by molar-refractivity contribution is 5.08. The van der Waals surface area contributed by atoms with Crippen molar-refractivity contribution in [1.29, 1.82) is 0 Å². The van der Waals surface area contributed by atoms with E-state index in [2.05, 4.69) is 18.0 Å². The molecule has 0 spiro atoms. The second-order valence-corrected chi connectivity index (χ2v) is 8.12. The summed E-state index contributed by atoms with van der Waals surface area (Å²) in [4.78, 5) is 4.18. The molecule has 0 radical (unpaired) electrons. The zero-order chi connectivity index (χ0) is 18.5. The van der Waals surface area contributed by atoms with Crippen LogP contribution in [0.15, 0.2) is 24.5 Å². The molecule has 1 heterocycles. The van der Waals surface area contributed by atoms with Gasteiger partial charge < -0.3 is 0 Å². The number of aryl methyl sites for hydroxylation is 1. The first kappa shape index (κ1) is 23.2. The summed E-state index contributed by atoms with van der Waals surface area (Å²) in [5.41, 5.74) is 1.39. The van der Waals surface area contributed by atoms with Gasteiger partial charge in [-0.2, -0.15) is 0 Å². The monoisotopic (exact) mass is 359 g/mol. The average Bonchev–Trinajstić information content (AvgIpc) is 2.68. The number of hydrogen-bond donors (Lipinski definition) is 0. The molecule has 0 N–H and O–H groups in total. The molecule has 0 aliphatic carbocycles. The third-order valence-corrected chi connectivity index (χ3v) is 5.54. The standard InChI is InChI=1S/C25H45N/c1-2-3-4-5-6-7-8-9-10-11-12-13-14-15-16-17-18-19-21-25-22-20-23-26-24-25/h20,22-24H,2-19,21H2,1H3. The second-order valence-electron chi connectivity index (χ2n) is 8.12. The fraction of sp³-hybridized carbons (Fsp3) is 0.800. The van der Waals surface area contributed by atoms with Gasteiger partial charge in [0.25, 0.3) is 0 Å². The summed E-state index contributed by atoms with van der Waals surface area (Å²) < 4.78 is 0. The van der Waals surface area contributed by atoms with Crippen molar-refractivity contribution >= 4 is 0 Å². The van der Waals surface area contributed by atoms with Crippen molar-refractivity contribution in [2.45, 2.75) is 129 Å². The normalized spacial score (nSPS) is 11.1. The summed E-state index contributed by atoms with van der Waals surface area (Å²) in [6.45, 7) is 2.30. The molecule has 0 aliphatic heterocycles. The topological polar surface area (TPSA) is 12.9 Å². The molecule has 0 fully saturated rings. The van der Waals surface area contributed by atoms with Gasteiger partial charge in [0.1, 0.15) is 0 Å². The van der Waals surface area contributed by atoms with Crippen LogP contribution in [0.4, 0.5) is 0 Å². The van der Waals surface area contributed by atoms with Crippen molar-refractivity contribution in [2.24, 2.45) is 0 Å². The quantitative estimate of drug-likeness (QED) is 0.225. The summed E-state index contributed by atoms with van der Waals surface area (Å²) in [6.07, 6.45) is 31.1. The Hall–Kier alpha value is -0.850. The third-order valence-electron chi connectivity index (χ3n) is 5.54. The summed E-state index contributed by atoms with van der Waals surface area (Å²) in [5.74, 6) is 0. The third kappa shape index (κ3) is 15.4. The molecule has 0 aliphatic rings. The van der Waals surface area contributed by atoms with Crippen LogP contribution in [-0.4, -0.2) is 4.98 Å². The van der Waals surface area contributed by atoms with Gasteiger partial charge in [0.05, 0.1) is 0 Å². The van der Waals surface area contributed by atoms with Crippen molar-refractivity contribution in [3.05, 3.63) is 30.1 Å². The Morgan fingerprint density at radius 3 is 1.38 bits per heavy atom. The molecule has 1 aromatic heterocycles. The molecule has 1 aromatic rings. The Balaban J connectivity index is 1.68. The fourth-order valence-corrected chi connectivity index (χ4v) is 3.78. The van der Waals surface area contributed by atoms with E-state index >= 15 is 0 Å². The first-order valence-corrected chi connectivity index (χ1v) is 11.8. The Kier molecular flexibility index (Phi) is 16.9. The lowest BCUT2D eigenvalue weighted by Gasteiger charge is -2.04. The smallest absolute Gasteiger partial charge is 0.0299 e. The van der Waals surface area contributed by atoms with Crippen LogP contribution in [-0.2, 0) is 6.42 Å². The SMILES string of the molecule is CCCCCCCCCCCCCCCCCCCCc1cccnc1. The van der Waals surface area contributed by atoms with Gasteiger partial charge >= 0.3 is 0 Å². The number of rotatable bonds is 19. The Bertz CT molecular complexity index is 373. The molecule has 0 saturated carbocycles. The first-order chi connectivity index (χ1) is 12.9. The molecule has 0 atom stereocenters. The van der Waals surface area contributed by atoms with E-state index < -0.39 is 0 Å². The lowest BCUT2D eigenvalue weighted by atomic mass is 10.0. The van der Waals surface area contributed by atoms with Crippen LogP contribution in [0.5, 0.6) is 0 Å². The van der Waals surface area contributed by atoms with Gasteiger partial charge in [0.15, 0.2) is 0 Å². The van der Waals surface area contributed by atoms with E-state index in [9.17, 15) is 0 Å². The van der Waals surface area contributed by atoms with Crippen LogP contribution in [0.2, 0.25) is 0 Å². The van der Waals surface area contributed by atoms with Gasteiger partial charge in [-0.3, -0.25) is 4.98 Å². The molecule has 0 unspecified atom stereocenters. The number of nitrogens with zero attached hydrogens (tertiary/aromatic N) is 1. The average molecular weight is 360 g/mol. The summed E-state index contributed by atoms with van der Waals surface area (Å²) >= 11 is 0. The predicted octanol–water partition coefficient (Wildman–Crippen LogP) is 8.67. The molecule has 150 valence electrons. The van der Waals surface area contributed by atoms with Gasteiger partial charge in [0.2, 0.25) is 0 Å². The largest absolute Gasteiger partial charge is 0.264 e. The molecule has 1 rings (SSSR count). The summed E-state index contributed by atoms with van der Waals surface area (Å²) in [5, 5.41) is 0. The maximum atomic E-state index is 4.18. The minimum atomic E-state index is 1.20. The number of hydrogen-bond acceptors (Lipinski definition) is 1. The molecule has 0 aromatic carbocycles. The second kappa shape index (κ2) is 18.9. The molecule has 0 saturated heterocycles. The molecule has 1 heteroatoms. The zero-order valence-corrected chi connectivity index (χ0v) is 17.7. The minimum absolute atomic E-state index is 1.20. The molecular formula is C25H45N.